The zero-order valence-electron chi connectivity index (χ0n) is 18.5. The number of carbonyl (C=O) groups excluding carboxylic acids is 1. The SMILES string of the molecule is COCCn1c(C)cc(C(=O)CSc2nc3cc(Cl)ccc3n2Cc2ccccc2)c1C. The van der Waals surface area contributed by atoms with Gasteiger partial charge in [0.1, 0.15) is 0 Å². The van der Waals surface area contributed by atoms with E-state index in [4.69, 9.17) is 21.3 Å². The predicted molar refractivity (Wildman–Crippen MR) is 131 cm³/mol. The van der Waals surface area contributed by atoms with Gasteiger partial charge in [0.15, 0.2) is 10.9 Å². The summed E-state index contributed by atoms with van der Waals surface area (Å²) in [6.45, 7) is 6.05. The Bertz CT molecular complexity index is 1250. The lowest BCUT2D eigenvalue weighted by Crippen LogP contribution is -2.10. The molecular weight excluding hydrogens is 442 g/mol. The van der Waals surface area contributed by atoms with Crippen LogP contribution in [-0.4, -0.2) is 39.4 Å². The summed E-state index contributed by atoms with van der Waals surface area (Å²) in [5.74, 6) is 0.420. The summed E-state index contributed by atoms with van der Waals surface area (Å²) in [5, 5.41) is 1.46. The summed E-state index contributed by atoms with van der Waals surface area (Å²) in [6.07, 6.45) is 0. The number of Topliss-reactive ketones (excluding diaryl/α,β-unsaturated/α-hetero) is 1. The third-order valence-corrected chi connectivity index (χ3v) is 6.80. The highest BCUT2D eigenvalue weighted by Gasteiger charge is 2.18. The maximum atomic E-state index is 13.1. The monoisotopic (exact) mass is 467 g/mol. The molecule has 0 N–H and O–H groups in total. The number of hydrogen-bond acceptors (Lipinski definition) is 4. The van der Waals surface area contributed by atoms with Gasteiger partial charge >= 0.3 is 0 Å². The molecule has 0 aliphatic carbocycles. The number of rotatable bonds is 9. The van der Waals surface area contributed by atoms with E-state index < -0.39 is 0 Å². The van der Waals surface area contributed by atoms with E-state index in [1.54, 1.807) is 7.11 Å². The van der Waals surface area contributed by atoms with Crippen LogP contribution in [0.1, 0.15) is 27.3 Å². The Kier molecular flexibility index (Phi) is 7.04. The van der Waals surface area contributed by atoms with Crippen LogP contribution < -0.4 is 0 Å². The van der Waals surface area contributed by atoms with Gasteiger partial charge in [0, 0.05) is 35.6 Å². The fraction of sp³-hybridized carbons (Fsp3) is 0.280. The maximum Gasteiger partial charge on any atom is 0.175 e. The van der Waals surface area contributed by atoms with E-state index in [1.165, 1.54) is 17.3 Å². The van der Waals surface area contributed by atoms with Gasteiger partial charge in [0.2, 0.25) is 0 Å². The van der Waals surface area contributed by atoms with Gasteiger partial charge in [0.25, 0.3) is 0 Å². The van der Waals surface area contributed by atoms with E-state index in [-0.39, 0.29) is 5.78 Å². The molecule has 32 heavy (non-hydrogen) atoms. The molecule has 7 heteroatoms. The molecule has 0 saturated carbocycles. The number of hydrogen-bond donors (Lipinski definition) is 0. The lowest BCUT2D eigenvalue weighted by molar-refractivity contribution is 0.102. The summed E-state index contributed by atoms with van der Waals surface area (Å²) in [4.78, 5) is 17.9. The average molecular weight is 468 g/mol. The number of aryl methyl sites for hydroxylation is 1. The van der Waals surface area contributed by atoms with Crippen LogP contribution in [0.25, 0.3) is 11.0 Å². The van der Waals surface area contributed by atoms with Crippen molar-refractivity contribution in [2.45, 2.75) is 32.1 Å². The highest BCUT2D eigenvalue weighted by Crippen LogP contribution is 2.28. The minimum atomic E-state index is 0.100. The van der Waals surface area contributed by atoms with Crippen LogP contribution in [0.15, 0.2) is 59.8 Å². The molecule has 0 radical (unpaired) electrons. The van der Waals surface area contributed by atoms with E-state index >= 15 is 0 Å². The highest BCUT2D eigenvalue weighted by atomic mass is 35.5. The van der Waals surface area contributed by atoms with Gasteiger partial charge in [-0.05, 0) is 43.7 Å². The van der Waals surface area contributed by atoms with Crippen molar-refractivity contribution in [1.82, 2.24) is 14.1 Å². The van der Waals surface area contributed by atoms with Crippen LogP contribution in [0, 0.1) is 13.8 Å². The van der Waals surface area contributed by atoms with Crippen LogP contribution in [-0.2, 0) is 17.8 Å². The van der Waals surface area contributed by atoms with E-state index in [0.29, 0.717) is 23.9 Å². The number of carbonyl (C=O) groups is 1. The Morgan fingerprint density at radius 3 is 2.62 bits per heavy atom. The lowest BCUT2D eigenvalue weighted by atomic mass is 10.2. The van der Waals surface area contributed by atoms with E-state index in [0.717, 1.165) is 39.7 Å². The third kappa shape index (κ3) is 4.77. The zero-order valence-corrected chi connectivity index (χ0v) is 20.0. The van der Waals surface area contributed by atoms with Crippen molar-refractivity contribution in [3.05, 3.63) is 82.1 Å². The first kappa shape index (κ1) is 22.6. The fourth-order valence-corrected chi connectivity index (χ4v) is 4.99. The van der Waals surface area contributed by atoms with Crippen LogP contribution in [0.3, 0.4) is 0 Å². The highest BCUT2D eigenvalue weighted by molar-refractivity contribution is 7.99. The number of imidazole rings is 1. The second kappa shape index (κ2) is 9.94. The number of nitrogens with zero attached hydrogens (tertiary/aromatic N) is 3. The minimum absolute atomic E-state index is 0.100. The van der Waals surface area contributed by atoms with Crippen molar-refractivity contribution in [3.8, 4) is 0 Å². The third-order valence-electron chi connectivity index (χ3n) is 5.58. The Hall–Kier alpha value is -2.54. The number of ether oxygens (including phenoxy) is 1. The predicted octanol–water partition coefficient (Wildman–Crippen LogP) is 5.78. The standard InChI is InChI=1S/C25H26ClN3O2S/c1-17-13-21(18(2)28(17)11-12-31-3)24(30)16-32-25-27-22-14-20(26)9-10-23(22)29(25)15-19-7-5-4-6-8-19/h4-10,13-14H,11-12,15-16H2,1-3H3. The molecule has 2 aromatic carbocycles. The molecule has 4 rings (SSSR count). The first-order chi connectivity index (χ1) is 15.5. The summed E-state index contributed by atoms with van der Waals surface area (Å²) in [6, 6.07) is 18.0. The minimum Gasteiger partial charge on any atom is -0.383 e. The van der Waals surface area contributed by atoms with E-state index in [9.17, 15) is 4.79 Å². The molecule has 0 bridgehead atoms. The van der Waals surface area contributed by atoms with Crippen molar-refractivity contribution in [3.63, 3.8) is 0 Å². The molecule has 166 valence electrons. The van der Waals surface area contributed by atoms with Gasteiger partial charge in [-0.3, -0.25) is 4.79 Å². The summed E-state index contributed by atoms with van der Waals surface area (Å²) in [7, 11) is 1.69. The molecule has 2 aromatic heterocycles. The molecule has 0 spiro atoms. The Morgan fingerprint density at radius 2 is 1.88 bits per heavy atom. The first-order valence-corrected chi connectivity index (χ1v) is 11.9. The number of ketones is 1. The van der Waals surface area contributed by atoms with E-state index in [1.807, 2.05) is 56.3 Å². The van der Waals surface area contributed by atoms with Crippen molar-refractivity contribution in [2.24, 2.45) is 0 Å². The molecule has 4 aromatic rings. The van der Waals surface area contributed by atoms with Gasteiger partial charge in [-0.1, -0.05) is 53.7 Å². The Labute approximate surface area is 197 Å². The largest absolute Gasteiger partial charge is 0.383 e. The molecule has 5 nitrogen and oxygen atoms in total. The molecular formula is C25H26ClN3O2S. The second-order valence-corrected chi connectivity index (χ2v) is 9.12. The average Bonchev–Trinajstić information content (AvgIpc) is 3.27. The molecule has 0 aliphatic heterocycles. The quantitative estimate of drug-likeness (QED) is 0.231. The smallest absolute Gasteiger partial charge is 0.175 e. The second-order valence-electron chi connectivity index (χ2n) is 7.74. The summed E-state index contributed by atoms with van der Waals surface area (Å²) >= 11 is 7.67. The van der Waals surface area contributed by atoms with Gasteiger partial charge in [-0.2, -0.15) is 0 Å². The van der Waals surface area contributed by atoms with Crippen molar-refractivity contribution in [1.29, 1.82) is 0 Å². The fourth-order valence-electron chi connectivity index (χ4n) is 3.93. The Morgan fingerprint density at radius 1 is 1.09 bits per heavy atom. The number of halogens is 1. The van der Waals surface area contributed by atoms with Crippen LogP contribution >= 0.6 is 23.4 Å². The van der Waals surface area contributed by atoms with Crippen molar-refractivity contribution < 1.29 is 9.53 Å². The summed E-state index contributed by atoms with van der Waals surface area (Å²) in [5.41, 5.74) is 5.83. The number of methoxy groups -OCH3 is 1. The molecule has 0 amide bonds. The molecule has 0 atom stereocenters. The van der Waals surface area contributed by atoms with Gasteiger partial charge in [-0.25, -0.2) is 4.98 Å². The molecule has 0 unspecified atom stereocenters. The molecule has 2 heterocycles. The topological polar surface area (TPSA) is 49.1 Å². The van der Waals surface area contributed by atoms with Crippen LogP contribution in [0.5, 0.6) is 0 Å². The molecule has 0 saturated heterocycles. The Balaban J connectivity index is 1.59. The maximum absolute atomic E-state index is 13.1. The number of fused-ring (bicyclic) bond motifs is 1. The number of thioether (sulfide) groups is 1. The van der Waals surface area contributed by atoms with Gasteiger partial charge in [-0.15, -0.1) is 0 Å². The molecule has 0 fully saturated rings. The zero-order chi connectivity index (χ0) is 22.7. The number of benzene rings is 2. The summed E-state index contributed by atoms with van der Waals surface area (Å²) < 4.78 is 9.49. The normalized spacial score (nSPS) is 11.4. The van der Waals surface area contributed by atoms with Crippen LogP contribution in [0.2, 0.25) is 5.02 Å². The van der Waals surface area contributed by atoms with Crippen molar-refractivity contribution >= 4 is 40.2 Å². The van der Waals surface area contributed by atoms with Crippen molar-refractivity contribution in [2.75, 3.05) is 19.5 Å². The lowest BCUT2D eigenvalue weighted by Gasteiger charge is -2.10. The van der Waals surface area contributed by atoms with Gasteiger partial charge < -0.3 is 13.9 Å². The molecule has 0 aliphatic rings. The van der Waals surface area contributed by atoms with Gasteiger partial charge in [0.05, 0.1) is 29.9 Å². The van der Waals surface area contributed by atoms with E-state index in [2.05, 4.69) is 21.3 Å². The van der Waals surface area contributed by atoms with Crippen LogP contribution in [0.4, 0.5) is 0 Å². The number of aromatic nitrogens is 3. The first-order valence-electron chi connectivity index (χ1n) is 10.5.